The lowest BCUT2D eigenvalue weighted by Gasteiger charge is -2.10. The molecule has 0 aromatic heterocycles. The monoisotopic (exact) mass is 145 g/mol. The summed E-state index contributed by atoms with van der Waals surface area (Å²) in [4.78, 5) is 5.18. The average Bonchev–Trinajstić information content (AvgIpc) is 1.98. The molecule has 0 fully saturated rings. The van der Waals surface area contributed by atoms with Gasteiger partial charge < -0.3 is 4.84 Å². The Balaban J connectivity index is 2.89. The van der Waals surface area contributed by atoms with Gasteiger partial charge >= 0.3 is 0 Å². The van der Waals surface area contributed by atoms with Crippen molar-refractivity contribution in [3.05, 3.63) is 0 Å². The lowest BCUT2D eigenvalue weighted by atomic mass is 10.3. The first-order chi connectivity index (χ1) is 4.81. The Morgan fingerprint density at radius 1 is 1.40 bits per heavy atom. The normalized spacial score (nSPS) is 13.5. The zero-order chi connectivity index (χ0) is 7.82. The fraction of sp³-hybridized carbons (Fsp3) is 1.00. The molecule has 2 nitrogen and oxygen atoms in total. The van der Waals surface area contributed by atoms with Crippen LogP contribution in [0.15, 0.2) is 0 Å². The van der Waals surface area contributed by atoms with Crippen molar-refractivity contribution in [3.8, 4) is 0 Å². The number of nitrogens with one attached hydrogen (secondary N) is 1. The molecule has 0 aromatic carbocycles. The molecule has 0 saturated heterocycles. The van der Waals surface area contributed by atoms with Crippen molar-refractivity contribution in [2.24, 2.45) is 0 Å². The zero-order valence-electron chi connectivity index (χ0n) is 7.31. The smallest absolute Gasteiger partial charge is 0.0682 e. The molecule has 0 radical (unpaired) electrons. The molecule has 1 unspecified atom stereocenters. The third-order valence-electron chi connectivity index (χ3n) is 1.50. The fourth-order valence-electron chi connectivity index (χ4n) is 0.501. The van der Waals surface area contributed by atoms with Gasteiger partial charge in [0.25, 0.3) is 0 Å². The van der Waals surface area contributed by atoms with Crippen LogP contribution in [0.3, 0.4) is 0 Å². The summed E-state index contributed by atoms with van der Waals surface area (Å²) in [5.41, 5.74) is 2.97. The van der Waals surface area contributed by atoms with Gasteiger partial charge in [-0.3, -0.25) is 0 Å². The second kappa shape index (κ2) is 7.03. The van der Waals surface area contributed by atoms with Crippen LogP contribution in [0.5, 0.6) is 0 Å². The van der Waals surface area contributed by atoms with E-state index in [4.69, 9.17) is 4.84 Å². The summed E-state index contributed by atoms with van der Waals surface area (Å²) in [5.74, 6) is 0. The van der Waals surface area contributed by atoms with E-state index in [0.717, 1.165) is 19.4 Å². The number of hydrogen-bond acceptors (Lipinski definition) is 2. The maximum atomic E-state index is 5.18. The fourth-order valence-corrected chi connectivity index (χ4v) is 0.501. The molecule has 0 saturated carbocycles. The molecule has 0 rings (SSSR count). The van der Waals surface area contributed by atoms with Crippen LogP contribution in [-0.4, -0.2) is 12.6 Å². The van der Waals surface area contributed by atoms with Crippen molar-refractivity contribution >= 4 is 0 Å². The minimum atomic E-state index is 0.483. The van der Waals surface area contributed by atoms with E-state index in [1.54, 1.807) is 0 Å². The molecular weight excluding hydrogens is 126 g/mol. The Kier molecular flexibility index (Phi) is 6.98. The highest BCUT2D eigenvalue weighted by molar-refractivity contribution is 4.47. The topological polar surface area (TPSA) is 21.3 Å². The van der Waals surface area contributed by atoms with E-state index in [-0.39, 0.29) is 0 Å². The van der Waals surface area contributed by atoms with E-state index in [1.807, 2.05) is 0 Å². The third kappa shape index (κ3) is 6.05. The number of unbranched alkanes of at least 4 members (excludes halogenated alkanes) is 1. The molecule has 0 aliphatic carbocycles. The predicted molar refractivity (Wildman–Crippen MR) is 43.7 cm³/mol. The van der Waals surface area contributed by atoms with Crippen LogP contribution in [0, 0.1) is 0 Å². The molecule has 1 N–H and O–H groups in total. The van der Waals surface area contributed by atoms with Crippen molar-refractivity contribution in [2.75, 3.05) is 6.61 Å². The molecule has 0 aromatic rings. The summed E-state index contributed by atoms with van der Waals surface area (Å²) in [6, 6.07) is 0.483. The summed E-state index contributed by atoms with van der Waals surface area (Å²) >= 11 is 0. The SMILES string of the molecule is CCCCONC(C)CC. The molecule has 0 bridgehead atoms. The minimum absolute atomic E-state index is 0.483. The lowest BCUT2D eigenvalue weighted by Crippen LogP contribution is -2.25. The van der Waals surface area contributed by atoms with Gasteiger partial charge in [0.1, 0.15) is 0 Å². The van der Waals surface area contributed by atoms with Crippen LogP contribution < -0.4 is 5.48 Å². The van der Waals surface area contributed by atoms with Crippen LogP contribution in [-0.2, 0) is 4.84 Å². The van der Waals surface area contributed by atoms with Crippen molar-refractivity contribution in [1.29, 1.82) is 0 Å². The Morgan fingerprint density at radius 3 is 2.60 bits per heavy atom. The van der Waals surface area contributed by atoms with Crippen molar-refractivity contribution in [2.45, 2.75) is 46.1 Å². The van der Waals surface area contributed by atoms with Crippen LogP contribution in [0.2, 0.25) is 0 Å². The molecule has 0 heterocycles. The minimum Gasteiger partial charge on any atom is -0.302 e. The molecule has 0 aliphatic rings. The quantitative estimate of drug-likeness (QED) is 0.456. The summed E-state index contributed by atoms with van der Waals surface area (Å²) in [6.45, 7) is 7.25. The second-order valence-corrected chi connectivity index (χ2v) is 2.63. The highest BCUT2D eigenvalue weighted by Crippen LogP contribution is 1.89. The number of hydroxylamine groups is 1. The van der Waals surface area contributed by atoms with E-state index < -0.39 is 0 Å². The van der Waals surface area contributed by atoms with Gasteiger partial charge in [0, 0.05) is 6.04 Å². The molecule has 0 amide bonds. The number of rotatable bonds is 6. The second-order valence-electron chi connectivity index (χ2n) is 2.63. The third-order valence-corrected chi connectivity index (χ3v) is 1.50. The average molecular weight is 145 g/mol. The zero-order valence-corrected chi connectivity index (χ0v) is 7.31. The molecule has 0 aliphatic heterocycles. The van der Waals surface area contributed by atoms with Crippen molar-refractivity contribution in [3.63, 3.8) is 0 Å². The van der Waals surface area contributed by atoms with Gasteiger partial charge in [-0.2, -0.15) is 5.48 Å². The number of hydrogen-bond donors (Lipinski definition) is 1. The lowest BCUT2D eigenvalue weighted by molar-refractivity contribution is 0.0177. The summed E-state index contributed by atoms with van der Waals surface area (Å²) in [6.07, 6.45) is 3.46. The van der Waals surface area contributed by atoms with Gasteiger partial charge in [-0.15, -0.1) is 0 Å². The summed E-state index contributed by atoms with van der Waals surface area (Å²) in [5, 5.41) is 0. The first-order valence-corrected chi connectivity index (χ1v) is 4.18. The highest BCUT2D eigenvalue weighted by atomic mass is 16.6. The summed E-state index contributed by atoms with van der Waals surface area (Å²) in [7, 11) is 0. The van der Waals surface area contributed by atoms with Gasteiger partial charge in [0.15, 0.2) is 0 Å². The van der Waals surface area contributed by atoms with Gasteiger partial charge in [-0.05, 0) is 19.8 Å². The van der Waals surface area contributed by atoms with E-state index in [2.05, 4.69) is 26.3 Å². The Bertz CT molecular complexity index is 66.3. The first kappa shape index (κ1) is 9.92. The van der Waals surface area contributed by atoms with Gasteiger partial charge in [0.05, 0.1) is 6.61 Å². The van der Waals surface area contributed by atoms with E-state index >= 15 is 0 Å². The standard InChI is InChI=1S/C8H19NO/c1-4-6-7-10-9-8(3)5-2/h8-9H,4-7H2,1-3H3. The summed E-state index contributed by atoms with van der Waals surface area (Å²) < 4.78 is 0. The van der Waals surface area contributed by atoms with Gasteiger partial charge in [-0.1, -0.05) is 20.3 Å². The molecule has 62 valence electrons. The molecule has 0 spiro atoms. The predicted octanol–water partition coefficient (Wildman–Crippen LogP) is 2.11. The largest absolute Gasteiger partial charge is 0.302 e. The molecule has 2 heteroatoms. The Labute approximate surface area is 63.9 Å². The van der Waals surface area contributed by atoms with Gasteiger partial charge in [0.2, 0.25) is 0 Å². The van der Waals surface area contributed by atoms with E-state index in [0.29, 0.717) is 6.04 Å². The van der Waals surface area contributed by atoms with E-state index in [9.17, 15) is 0 Å². The highest BCUT2D eigenvalue weighted by Gasteiger charge is 1.94. The maximum Gasteiger partial charge on any atom is 0.0682 e. The Morgan fingerprint density at radius 2 is 2.10 bits per heavy atom. The van der Waals surface area contributed by atoms with Crippen LogP contribution >= 0.6 is 0 Å². The molecule has 10 heavy (non-hydrogen) atoms. The molecular formula is C8H19NO. The van der Waals surface area contributed by atoms with E-state index in [1.165, 1.54) is 6.42 Å². The molecule has 1 atom stereocenters. The Hall–Kier alpha value is -0.0800. The van der Waals surface area contributed by atoms with Crippen LogP contribution in [0.25, 0.3) is 0 Å². The van der Waals surface area contributed by atoms with Crippen molar-refractivity contribution in [1.82, 2.24) is 5.48 Å². The van der Waals surface area contributed by atoms with Crippen molar-refractivity contribution < 1.29 is 4.84 Å². The van der Waals surface area contributed by atoms with Crippen LogP contribution in [0.1, 0.15) is 40.0 Å². The van der Waals surface area contributed by atoms with Gasteiger partial charge in [-0.25, -0.2) is 0 Å². The first-order valence-electron chi connectivity index (χ1n) is 4.18. The maximum absolute atomic E-state index is 5.18. The van der Waals surface area contributed by atoms with Crippen LogP contribution in [0.4, 0.5) is 0 Å².